The number of aromatic nitrogens is 1. The number of pyridine rings is 1. The minimum atomic E-state index is -1.11. The second-order valence-electron chi connectivity index (χ2n) is 13.4. The van der Waals surface area contributed by atoms with Gasteiger partial charge in [0.05, 0.1) is 37.0 Å². The molecule has 266 valence electrons. The summed E-state index contributed by atoms with van der Waals surface area (Å²) in [5.41, 5.74) is 1.93. The molecule has 3 heterocycles. The first-order chi connectivity index (χ1) is 24.6. The van der Waals surface area contributed by atoms with Crippen molar-refractivity contribution >= 4 is 29.1 Å². The summed E-state index contributed by atoms with van der Waals surface area (Å²) < 4.78 is 23.9. The molecule has 0 radical (unpaired) electrons. The second kappa shape index (κ2) is 15.7. The van der Waals surface area contributed by atoms with E-state index in [1.807, 2.05) is 52.3 Å². The van der Waals surface area contributed by atoms with Gasteiger partial charge >= 0.3 is 5.97 Å². The van der Waals surface area contributed by atoms with Crippen LogP contribution in [0, 0.1) is 22.2 Å². The average Bonchev–Trinajstić information content (AvgIpc) is 3.15. The molecular weight excluding hydrogens is 672 g/mol. The van der Waals surface area contributed by atoms with Crippen LogP contribution in [0.3, 0.4) is 0 Å². The minimum absolute atomic E-state index is 0.0198. The molecule has 2 atom stereocenters. The quantitative estimate of drug-likeness (QED) is 0.276. The normalized spacial score (nSPS) is 21.7. The highest BCUT2D eigenvalue weighted by Crippen LogP contribution is 2.53. The smallest absolute Gasteiger partial charge is 0.323 e. The van der Waals surface area contributed by atoms with E-state index in [1.54, 1.807) is 24.4 Å². The van der Waals surface area contributed by atoms with Gasteiger partial charge in [-0.05, 0) is 23.3 Å². The number of carbonyl (C=O) groups excluding carboxylic acids is 1. The monoisotopic (exact) mass is 712 g/mol. The molecule has 51 heavy (non-hydrogen) atoms. The number of morpholine rings is 2. The first-order valence-electron chi connectivity index (χ1n) is 16.9. The summed E-state index contributed by atoms with van der Waals surface area (Å²) in [6, 6.07) is 16.4. The number of aliphatic carboxylic acids is 1. The number of nitriles is 1. The van der Waals surface area contributed by atoms with Crippen molar-refractivity contribution < 1.29 is 33.6 Å². The van der Waals surface area contributed by atoms with Crippen LogP contribution in [0.5, 0.6) is 11.5 Å². The van der Waals surface area contributed by atoms with Crippen molar-refractivity contribution in [3.05, 3.63) is 106 Å². The number of carboxylic acids is 1. The largest absolute Gasteiger partial charge is 0.490 e. The molecule has 0 saturated carbocycles. The van der Waals surface area contributed by atoms with E-state index in [0.717, 1.165) is 11.1 Å². The van der Waals surface area contributed by atoms with E-state index in [1.165, 1.54) is 6.20 Å². The van der Waals surface area contributed by atoms with Gasteiger partial charge in [-0.2, -0.15) is 5.26 Å². The Labute approximate surface area is 302 Å². The molecule has 1 unspecified atom stereocenters. The lowest BCUT2D eigenvalue weighted by Gasteiger charge is -2.49. The number of ether oxygens (including phenoxy) is 4. The molecule has 11 nitrogen and oxygen atoms in total. The first kappa shape index (κ1) is 36.1. The Morgan fingerprint density at radius 2 is 1.80 bits per heavy atom. The molecule has 2 fully saturated rings. The van der Waals surface area contributed by atoms with Crippen molar-refractivity contribution in [1.82, 2.24) is 14.8 Å². The Bertz CT molecular complexity index is 1850. The number of halogens is 1. The highest BCUT2D eigenvalue weighted by Gasteiger charge is 2.55. The lowest BCUT2D eigenvalue weighted by Crippen LogP contribution is -2.57. The maximum absolute atomic E-state index is 14.7. The number of carbonyl (C=O) groups is 2. The van der Waals surface area contributed by atoms with Crippen molar-refractivity contribution in [1.29, 1.82) is 5.26 Å². The standard InChI is InChI=1S/C39H41ClN4O7/c1-38(2)31(29-7-4-3-5-8-29)9-6-10-39(38,37(47)43-11-14-48-15-12-43)26-51-35-19-34(50-24-28-17-27(20-41)21-42-22-28)30(18-32(35)40)23-44-13-16-49-25-33(44)36(45)46/h3-10,17-19,21-22,33H,11-16,23-26H2,1-2H3,(H,45,46)/t33-,39?/m0/s1. The number of hydrogen-bond donors (Lipinski definition) is 1. The van der Waals surface area contributed by atoms with Crippen LogP contribution >= 0.6 is 11.6 Å². The topological polar surface area (TPSA) is 134 Å². The summed E-state index contributed by atoms with van der Waals surface area (Å²) in [7, 11) is 0. The summed E-state index contributed by atoms with van der Waals surface area (Å²) >= 11 is 6.93. The fourth-order valence-corrected chi connectivity index (χ4v) is 7.16. The SMILES string of the molecule is CC1(C)C(c2ccccc2)=CC=CC1(COc1cc(OCc2cncc(C#N)c2)c(CN2CCOC[C@H]2C(=O)O)cc1Cl)C(=O)N1CCOCC1. The molecule has 0 spiro atoms. The molecule has 2 aromatic carbocycles. The molecule has 6 rings (SSSR count). The summed E-state index contributed by atoms with van der Waals surface area (Å²) in [6.45, 7) is 7.17. The maximum atomic E-state index is 14.7. The molecular formula is C39H41ClN4O7. The van der Waals surface area contributed by atoms with Crippen LogP contribution in [0.1, 0.15) is 36.1 Å². The number of benzene rings is 2. The van der Waals surface area contributed by atoms with Crippen LogP contribution in [0.25, 0.3) is 5.57 Å². The van der Waals surface area contributed by atoms with Gasteiger partial charge in [-0.15, -0.1) is 0 Å². The van der Waals surface area contributed by atoms with Crippen molar-refractivity contribution in [2.24, 2.45) is 10.8 Å². The van der Waals surface area contributed by atoms with Gasteiger partial charge in [0.1, 0.15) is 42.2 Å². The maximum Gasteiger partial charge on any atom is 0.323 e. The van der Waals surface area contributed by atoms with E-state index >= 15 is 0 Å². The molecule has 1 N–H and O–H groups in total. The predicted molar refractivity (Wildman–Crippen MR) is 190 cm³/mol. The van der Waals surface area contributed by atoms with Crippen molar-refractivity contribution in [3.8, 4) is 17.6 Å². The summed E-state index contributed by atoms with van der Waals surface area (Å²) in [5, 5.41) is 19.5. The van der Waals surface area contributed by atoms with Crippen molar-refractivity contribution in [2.45, 2.75) is 33.0 Å². The summed E-state index contributed by atoms with van der Waals surface area (Å²) in [6.07, 6.45) is 9.02. The van der Waals surface area contributed by atoms with Gasteiger partial charge in [0.2, 0.25) is 5.91 Å². The van der Waals surface area contributed by atoms with E-state index in [9.17, 15) is 20.0 Å². The number of allylic oxidation sites excluding steroid dienone is 3. The van der Waals surface area contributed by atoms with E-state index in [-0.39, 0.29) is 37.3 Å². The molecule has 1 aromatic heterocycles. The Morgan fingerprint density at radius 3 is 2.55 bits per heavy atom. The van der Waals surface area contributed by atoms with Crippen LogP contribution in [-0.2, 0) is 32.2 Å². The summed E-state index contributed by atoms with van der Waals surface area (Å²) in [5.74, 6) is -0.311. The zero-order chi connectivity index (χ0) is 36.0. The van der Waals surface area contributed by atoms with Crippen molar-refractivity contribution in [3.63, 3.8) is 0 Å². The molecule has 1 aliphatic carbocycles. The zero-order valence-electron chi connectivity index (χ0n) is 28.7. The van der Waals surface area contributed by atoms with Gasteiger partial charge in [-0.1, -0.05) is 74.0 Å². The van der Waals surface area contributed by atoms with Crippen LogP contribution in [0.15, 0.2) is 79.2 Å². The first-order valence-corrected chi connectivity index (χ1v) is 17.3. The summed E-state index contributed by atoms with van der Waals surface area (Å²) in [4.78, 5) is 34.5. The lowest BCUT2D eigenvalue weighted by atomic mass is 9.58. The van der Waals surface area contributed by atoms with Crippen LogP contribution in [0.2, 0.25) is 5.02 Å². The van der Waals surface area contributed by atoms with Gasteiger partial charge in [0, 0.05) is 61.2 Å². The number of carboxylic acid groups (broad SMARTS) is 1. The second-order valence-corrected chi connectivity index (χ2v) is 13.8. The van der Waals surface area contributed by atoms with Crippen molar-refractivity contribution in [2.75, 3.05) is 52.7 Å². The highest BCUT2D eigenvalue weighted by atomic mass is 35.5. The third-order valence-electron chi connectivity index (χ3n) is 9.98. The average molecular weight is 713 g/mol. The minimum Gasteiger partial charge on any atom is -0.490 e. The molecule has 0 bridgehead atoms. The fraction of sp³-hybridized carbons (Fsp3) is 0.385. The third-order valence-corrected chi connectivity index (χ3v) is 10.3. The highest BCUT2D eigenvalue weighted by molar-refractivity contribution is 6.32. The van der Waals surface area contributed by atoms with Crippen LogP contribution in [0.4, 0.5) is 0 Å². The third kappa shape index (κ3) is 7.65. The zero-order valence-corrected chi connectivity index (χ0v) is 29.5. The molecule has 2 aliphatic heterocycles. The Balaban J connectivity index is 1.35. The van der Waals surface area contributed by atoms with E-state index in [4.69, 9.17) is 30.5 Å². The Kier molecular flexibility index (Phi) is 11.1. The van der Waals surface area contributed by atoms with E-state index in [0.29, 0.717) is 67.6 Å². The van der Waals surface area contributed by atoms with Gasteiger partial charge < -0.3 is 29.0 Å². The molecule has 3 aromatic rings. The molecule has 12 heteroatoms. The molecule has 2 saturated heterocycles. The lowest BCUT2D eigenvalue weighted by molar-refractivity contribution is -0.150. The van der Waals surface area contributed by atoms with E-state index in [2.05, 4.69) is 31.0 Å². The van der Waals surface area contributed by atoms with Gasteiger partial charge in [-0.3, -0.25) is 19.5 Å². The fourth-order valence-electron chi connectivity index (χ4n) is 6.92. The number of rotatable bonds is 11. The molecule has 1 amide bonds. The van der Waals surface area contributed by atoms with Gasteiger partial charge in [-0.25, -0.2) is 0 Å². The van der Waals surface area contributed by atoms with E-state index < -0.39 is 22.8 Å². The Morgan fingerprint density at radius 1 is 1.04 bits per heavy atom. The van der Waals surface area contributed by atoms with Gasteiger partial charge in [0.15, 0.2) is 0 Å². The predicted octanol–water partition coefficient (Wildman–Crippen LogP) is 5.37. The molecule has 3 aliphatic rings. The van der Waals surface area contributed by atoms with Crippen LogP contribution in [-0.4, -0.2) is 90.5 Å². The number of amides is 1. The number of hydrogen-bond acceptors (Lipinski definition) is 9. The van der Waals surface area contributed by atoms with Crippen LogP contribution < -0.4 is 9.47 Å². The Hall–Kier alpha value is -4.73. The number of nitrogens with zero attached hydrogens (tertiary/aromatic N) is 4. The van der Waals surface area contributed by atoms with Gasteiger partial charge in [0.25, 0.3) is 0 Å².